The molecule has 0 amide bonds. The normalized spacial score (nSPS) is 10.0. The Morgan fingerprint density at radius 1 is 1.64 bits per heavy atom. The molecule has 0 N–H and O–H groups in total. The molecule has 2 aromatic heterocycles. The Morgan fingerprint density at radius 3 is 3.14 bits per heavy atom. The molecule has 0 spiro atoms. The van der Waals surface area contributed by atoms with E-state index in [0.717, 1.165) is 11.5 Å². The lowest BCUT2D eigenvalue weighted by atomic mass is 10.3. The van der Waals surface area contributed by atoms with Gasteiger partial charge in [-0.3, -0.25) is 0 Å². The Kier molecular flexibility index (Phi) is 2.07. The van der Waals surface area contributed by atoms with Crippen LogP contribution < -0.4 is 0 Å². The number of nitriles is 1. The van der Waals surface area contributed by atoms with E-state index < -0.39 is 0 Å². The maximum absolute atomic E-state index is 8.78. The summed E-state index contributed by atoms with van der Waals surface area (Å²) < 4.78 is 6.77. The van der Waals surface area contributed by atoms with E-state index in [1.807, 2.05) is 29.8 Å². The van der Waals surface area contributed by atoms with Gasteiger partial charge < -0.3 is 9.09 Å². The van der Waals surface area contributed by atoms with Gasteiger partial charge in [-0.05, 0) is 19.1 Å². The Hall–Kier alpha value is -2.02. The zero-order valence-corrected chi connectivity index (χ0v) is 7.77. The van der Waals surface area contributed by atoms with Crippen LogP contribution in [-0.4, -0.2) is 9.72 Å². The molecule has 2 heterocycles. The van der Waals surface area contributed by atoms with Crippen molar-refractivity contribution in [1.29, 1.82) is 5.26 Å². The van der Waals surface area contributed by atoms with Gasteiger partial charge in [0.25, 0.3) is 0 Å². The summed E-state index contributed by atoms with van der Waals surface area (Å²) in [7, 11) is 0. The summed E-state index contributed by atoms with van der Waals surface area (Å²) in [5.74, 6) is 0.783. The Labute approximate surface area is 81.4 Å². The molecule has 4 nitrogen and oxygen atoms in total. The van der Waals surface area contributed by atoms with Gasteiger partial charge in [-0.25, -0.2) is 0 Å². The molecule has 0 saturated heterocycles. The zero-order valence-electron chi connectivity index (χ0n) is 7.77. The highest BCUT2D eigenvalue weighted by atomic mass is 16.5. The third-order valence-electron chi connectivity index (χ3n) is 1.95. The molecular weight excluding hydrogens is 178 g/mol. The van der Waals surface area contributed by atoms with Gasteiger partial charge in [-0.2, -0.15) is 5.26 Å². The van der Waals surface area contributed by atoms with E-state index in [0.29, 0.717) is 12.2 Å². The van der Waals surface area contributed by atoms with Crippen LogP contribution in [0.1, 0.15) is 17.1 Å². The predicted molar refractivity (Wildman–Crippen MR) is 49.5 cm³/mol. The van der Waals surface area contributed by atoms with Crippen LogP contribution in [-0.2, 0) is 6.54 Å². The third kappa shape index (κ3) is 1.52. The number of hydrogen-bond acceptors (Lipinski definition) is 3. The molecule has 0 saturated carbocycles. The molecule has 14 heavy (non-hydrogen) atoms. The van der Waals surface area contributed by atoms with E-state index in [1.165, 1.54) is 0 Å². The summed E-state index contributed by atoms with van der Waals surface area (Å²) in [4.78, 5) is 0. The van der Waals surface area contributed by atoms with E-state index >= 15 is 0 Å². The van der Waals surface area contributed by atoms with Crippen LogP contribution in [0.25, 0.3) is 0 Å². The molecule has 0 unspecified atom stereocenters. The molecule has 0 atom stereocenters. The smallest absolute Gasteiger partial charge is 0.133 e. The first-order chi connectivity index (χ1) is 6.79. The Bertz CT molecular complexity index is 476. The van der Waals surface area contributed by atoms with Gasteiger partial charge in [0.1, 0.15) is 23.2 Å². The average Bonchev–Trinajstić information content (AvgIpc) is 2.76. The molecule has 0 radical (unpaired) electrons. The topological polar surface area (TPSA) is 54.8 Å². The SMILES string of the molecule is Cc1cc(Cn2cccc2C#N)no1. The highest BCUT2D eigenvalue weighted by Crippen LogP contribution is 2.07. The highest BCUT2D eigenvalue weighted by Gasteiger charge is 2.03. The molecule has 0 aliphatic rings. The van der Waals surface area contributed by atoms with Crippen LogP contribution in [0.15, 0.2) is 28.9 Å². The van der Waals surface area contributed by atoms with Gasteiger partial charge in [0.15, 0.2) is 0 Å². The summed E-state index contributed by atoms with van der Waals surface area (Å²) in [6, 6.07) is 7.58. The lowest BCUT2D eigenvalue weighted by molar-refractivity contribution is 0.389. The number of hydrogen-bond donors (Lipinski definition) is 0. The minimum atomic E-state index is 0.577. The second-order valence-electron chi connectivity index (χ2n) is 3.06. The number of rotatable bonds is 2. The van der Waals surface area contributed by atoms with Gasteiger partial charge in [-0.15, -0.1) is 0 Å². The molecule has 4 heteroatoms. The molecular formula is C10H9N3O. The summed E-state index contributed by atoms with van der Waals surface area (Å²) in [6.45, 7) is 2.42. The summed E-state index contributed by atoms with van der Waals surface area (Å²) in [6.07, 6.45) is 1.85. The molecule has 2 aromatic rings. The fraction of sp³-hybridized carbons (Fsp3) is 0.200. The van der Waals surface area contributed by atoms with Gasteiger partial charge in [0, 0.05) is 12.3 Å². The van der Waals surface area contributed by atoms with Crippen molar-refractivity contribution < 1.29 is 4.52 Å². The molecule has 0 aliphatic heterocycles. The lowest BCUT2D eigenvalue weighted by Gasteiger charge is -1.99. The van der Waals surface area contributed by atoms with Crippen LogP contribution in [0.3, 0.4) is 0 Å². The molecule has 0 aromatic carbocycles. The van der Waals surface area contributed by atoms with Crippen LogP contribution in [0.4, 0.5) is 0 Å². The predicted octanol–water partition coefficient (Wildman–Crippen LogP) is 1.70. The number of nitrogens with zero attached hydrogens (tertiary/aromatic N) is 3. The van der Waals surface area contributed by atoms with Crippen LogP contribution in [0, 0.1) is 18.3 Å². The van der Waals surface area contributed by atoms with E-state index in [9.17, 15) is 0 Å². The van der Waals surface area contributed by atoms with Crippen molar-refractivity contribution in [2.45, 2.75) is 13.5 Å². The summed E-state index contributed by atoms with van der Waals surface area (Å²) in [5.41, 5.74) is 1.46. The maximum Gasteiger partial charge on any atom is 0.133 e. The average molecular weight is 187 g/mol. The second kappa shape index (κ2) is 3.38. The lowest BCUT2D eigenvalue weighted by Crippen LogP contribution is -2.00. The minimum absolute atomic E-state index is 0.577. The zero-order chi connectivity index (χ0) is 9.97. The Morgan fingerprint density at radius 2 is 2.50 bits per heavy atom. The van der Waals surface area contributed by atoms with Crippen molar-refractivity contribution in [3.8, 4) is 6.07 Å². The largest absolute Gasteiger partial charge is 0.361 e. The van der Waals surface area contributed by atoms with Crippen molar-refractivity contribution in [2.75, 3.05) is 0 Å². The first-order valence-corrected chi connectivity index (χ1v) is 4.27. The monoisotopic (exact) mass is 187 g/mol. The molecule has 2 rings (SSSR count). The molecule has 70 valence electrons. The molecule has 0 bridgehead atoms. The van der Waals surface area contributed by atoms with Crippen LogP contribution >= 0.6 is 0 Å². The van der Waals surface area contributed by atoms with E-state index in [4.69, 9.17) is 9.78 Å². The van der Waals surface area contributed by atoms with Crippen molar-refractivity contribution in [1.82, 2.24) is 9.72 Å². The quantitative estimate of drug-likeness (QED) is 0.719. The van der Waals surface area contributed by atoms with Crippen LogP contribution in [0.2, 0.25) is 0 Å². The number of aryl methyl sites for hydroxylation is 1. The summed E-state index contributed by atoms with van der Waals surface area (Å²) >= 11 is 0. The maximum atomic E-state index is 8.78. The van der Waals surface area contributed by atoms with Gasteiger partial charge >= 0.3 is 0 Å². The van der Waals surface area contributed by atoms with Gasteiger partial charge in [0.05, 0.1) is 6.54 Å². The van der Waals surface area contributed by atoms with E-state index in [1.54, 1.807) is 6.07 Å². The minimum Gasteiger partial charge on any atom is -0.361 e. The standard InChI is InChI=1S/C10H9N3O/c1-8-5-9(12-14-8)7-13-4-2-3-10(13)6-11/h2-5H,7H2,1H3. The Balaban J connectivity index is 2.23. The van der Waals surface area contributed by atoms with E-state index in [-0.39, 0.29) is 0 Å². The summed E-state index contributed by atoms with van der Waals surface area (Å²) in [5, 5.41) is 12.6. The fourth-order valence-electron chi connectivity index (χ4n) is 1.32. The van der Waals surface area contributed by atoms with Crippen molar-refractivity contribution in [3.05, 3.63) is 41.5 Å². The third-order valence-corrected chi connectivity index (χ3v) is 1.95. The second-order valence-corrected chi connectivity index (χ2v) is 3.06. The first-order valence-electron chi connectivity index (χ1n) is 4.27. The fourth-order valence-corrected chi connectivity index (χ4v) is 1.32. The molecule has 0 fully saturated rings. The van der Waals surface area contributed by atoms with Gasteiger partial charge in [0.2, 0.25) is 0 Å². The van der Waals surface area contributed by atoms with E-state index in [2.05, 4.69) is 11.2 Å². The van der Waals surface area contributed by atoms with Crippen molar-refractivity contribution in [2.24, 2.45) is 0 Å². The molecule has 0 aliphatic carbocycles. The van der Waals surface area contributed by atoms with Crippen molar-refractivity contribution >= 4 is 0 Å². The van der Waals surface area contributed by atoms with Gasteiger partial charge in [-0.1, -0.05) is 5.16 Å². The number of aromatic nitrogens is 2. The van der Waals surface area contributed by atoms with Crippen LogP contribution in [0.5, 0.6) is 0 Å². The highest BCUT2D eigenvalue weighted by molar-refractivity contribution is 5.23. The van der Waals surface area contributed by atoms with Crippen molar-refractivity contribution in [3.63, 3.8) is 0 Å². The first kappa shape index (κ1) is 8.57.